The van der Waals surface area contributed by atoms with Crippen molar-refractivity contribution in [2.45, 2.75) is 24.8 Å². The third-order valence-electron chi connectivity index (χ3n) is 5.59. The van der Waals surface area contributed by atoms with Gasteiger partial charge in [0, 0.05) is 12.3 Å². The van der Waals surface area contributed by atoms with E-state index in [9.17, 15) is 14.7 Å². The van der Waals surface area contributed by atoms with Crippen molar-refractivity contribution >= 4 is 12.1 Å². The first-order valence-electron chi connectivity index (χ1n) is 9.88. The number of carboxylic acid groups (broad SMARTS) is 1. The quantitative estimate of drug-likeness (QED) is 0.632. The fourth-order valence-corrected chi connectivity index (χ4v) is 4.04. The van der Waals surface area contributed by atoms with Crippen LogP contribution in [0.5, 0.6) is 0 Å². The van der Waals surface area contributed by atoms with E-state index in [-0.39, 0.29) is 18.9 Å². The summed E-state index contributed by atoms with van der Waals surface area (Å²) in [5, 5.41) is 12.3. The van der Waals surface area contributed by atoms with Crippen molar-refractivity contribution < 1.29 is 19.4 Å². The molecule has 2 N–H and O–H groups in total. The molecule has 0 saturated carbocycles. The molecule has 3 aromatic carbocycles. The maximum Gasteiger partial charge on any atom is 0.408 e. The summed E-state index contributed by atoms with van der Waals surface area (Å²) in [6, 6.07) is 25.3. The van der Waals surface area contributed by atoms with Crippen LogP contribution >= 0.6 is 0 Å². The summed E-state index contributed by atoms with van der Waals surface area (Å²) in [5.41, 5.74) is 3.85. The van der Waals surface area contributed by atoms with Crippen molar-refractivity contribution in [1.82, 2.24) is 5.32 Å². The van der Waals surface area contributed by atoms with Crippen molar-refractivity contribution in [3.8, 4) is 11.1 Å². The Morgan fingerprint density at radius 3 is 2.00 bits per heavy atom. The van der Waals surface area contributed by atoms with Gasteiger partial charge < -0.3 is 15.2 Å². The van der Waals surface area contributed by atoms with Gasteiger partial charge in [0.1, 0.15) is 12.1 Å². The number of alkyl carbamates (subject to hydrolysis) is 1. The standard InChI is InChI=1S/C25H23NO4/c1-25(23(27)28,15-17-9-3-2-4-10-17)26-24(29)30-16-22-20-13-7-5-11-18(20)19-12-6-8-14-21(19)22/h2-14,22H,15-16H2,1H3,(H,26,29)(H,27,28)/t25-/m0/s1. The van der Waals surface area contributed by atoms with E-state index in [2.05, 4.69) is 17.4 Å². The molecule has 1 atom stereocenters. The first-order valence-corrected chi connectivity index (χ1v) is 9.88. The predicted octanol–water partition coefficient (Wildman–Crippen LogP) is 4.61. The van der Waals surface area contributed by atoms with Gasteiger partial charge in [0.2, 0.25) is 0 Å². The topological polar surface area (TPSA) is 75.6 Å². The highest BCUT2D eigenvalue weighted by molar-refractivity contribution is 5.84. The van der Waals surface area contributed by atoms with Gasteiger partial charge in [-0.25, -0.2) is 9.59 Å². The molecular formula is C25H23NO4. The number of hydrogen-bond acceptors (Lipinski definition) is 3. The molecule has 5 heteroatoms. The number of hydrogen-bond donors (Lipinski definition) is 2. The molecule has 0 fully saturated rings. The number of amides is 1. The van der Waals surface area contributed by atoms with E-state index >= 15 is 0 Å². The van der Waals surface area contributed by atoms with Crippen molar-refractivity contribution in [2.24, 2.45) is 0 Å². The zero-order chi connectivity index (χ0) is 21.1. The molecule has 1 aliphatic rings. The lowest BCUT2D eigenvalue weighted by atomic mass is 9.93. The van der Waals surface area contributed by atoms with Gasteiger partial charge in [-0.2, -0.15) is 0 Å². The lowest BCUT2D eigenvalue weighted by Crippen LogP contribution is -2.54. The Morgan fingerprint density at radius 1 is 0.900 bits per heavy atom. The van der Waals surface area contributed by atoms with Crippen molar-refractivity contribution in [3.63, 3.8) is 0 Å². The van der Waals surface area contributed by atoms with Gasteiger partial charge in [-0.15, -0.1) is 0 Å². The number of aliphatic carboxylic acids is 1. The zero-order valence-corrected chi connectivity index (χ0v) is 16.7. The maximum atomic E-state index is 12.5. The minimum Gasteiger partial charge on any atom is -0.480 e. The Bertz CT molecular complexity index is 1030. The van der Waals surface area contributed by atoms with Crippen LogP contribution in [0.1, 0.15) is 29.5 Å². The normalized spacial score (nSPS) is 14.3. The van der Waals surface area contributed by atoms with Gasteiger partial charge >= 0.3 is 12.1 Å². The Kier molecular flexibility index (Phi) is 5.27. The summed E-state index contributed by atoms with van der Waals surface area (Å²) < 4.78 is 5.51. The molecule has 0 saturated heterocycles. The molecule has 30 heavy (non-hydrogen) atoms. The van der Waals surface area contributed by atoms with E-state index in [1.54, 1.807) is 0 Å². The lowest BCUT2D eigenvalue weighted by molar-refractivity contribution is -0.143. The largest absolute Gasteiger partial charge is 0.480 e. The van der Waals surface area contributed by atoms with Crippen LogP contribution in [0.25, 0.3) is 11.1 Å². The fourth-order valence-electron chi connectivity index (χ4n) is 4.04. The van der Waals surface area contributed by atoms with Crippen LogP contribution in [0.15, 0.2) is 78.9 Å². The molecular weight excluding hydrogens is 378 g/mol. The molecule has 0 radical (unpaired) electrons. The first kappa shape index (κ1) is 19.7. The summed E-state index contributed by atoms with van der Waals surface area (Å²) in [6.45, 7) is 1.63. The number of rotatable bonds is 6. The number of ether oxygens (including phenoxy) is 1. The van der Waals surface area contributed by atoms with Crippen LogP contribution in [0.3, 0.4) is 0 Å². The lowest BCUT2D eigenvalue weighted by Gasteiger charge is -2.26. The van der Waals surface area contributed by atoms with E-state index in [0.29, 0.717) is 0 Å². The van der Waals surface area contributed by atoms with Crippen LogP contribution in [-0.4, -0.2) is 29.3 Å². The number of nitrogens with one attached hydrogen (secondary N) is 1. The van der Waals surface area contributed by atoms with Crippen molar-refractivity contribution in [3.05, 3.63) is 95.6 Å². The molecule has 0 unspecified atom stereocenters. The smallest absolute Gasteiger partial charge is 0.408 e. The van der Waals surface area contributed by atoms with Crippen LogP contribution in [0.2, 0.25) is 0 Å². The highest BCUT2D eigenvalue weighted by Crippen LogP contribution is 2.44. The van der Waals surface area contributed by atoms with Gasteiger partial charge in [0.05, 0.1) is 0 Å². The van der Waals surface area contributed by atoms with E-state index < -0.39 is 17.6 Å². The van der Waals surface area contributed by atoms with E-state index in [0.717, 1.165) is 27.8 Å². The van der Waals surface area contributed by atoms with Crippen LogP contribution in [-0.2, 0) is 16.0 Å². The van der Waals surface area contributed by atoms with Gasteiger partial charge in [0.15, 0.2) is 0 Å². The summed E-state index contributed by atoms with van der Waals surface area (Å²) in [5.74, 6) is -1.19. The number of carbonyl (C=O) groups is 2. The van der Waals surface area contributed by atoms with Gasteiger partial charge in [-0.3, -0.25) is 0 Å². The number of benzene rings is 3. The second-order valence-corrected chi connectivity index (χ2v) is 7.75. The van der Waals surface area contributed by atoms with Gasteiger partial charge in [-0.05, 0) is 34.7 Å². The van der Waals surface area contributed by atoms with Gasteiger partial charge in [0.25, 0.3) is 0 Å². The Balaban J connectivity index is 1.47. The average molecular weight is 401 g/mol. The average Bonchev–Trinajstić information content (AvgIpc) is 3.06. The molecule has 1 aliphatic carbocycles. The monoisotopic (exact) mass is 401 g/mol. The van der Waals surface area contributed by atoms with E-state index in [4.69, 9.17) is 4.74 Å². The molecule has 0 bridgehead atoms. The highest BCUT2D eigenvalue weighted by atomic mass is 16.5. The molecule has 3 aromatic rings. The van der Waals surface area contributed by atoms with Crippen molar-refractivity contribution in [1.29, 1.82) is 0 Å². The van der Waals surface area contributed by atoms with Crippen LogP contribution in [0.4, 0.5) is 4.79 Å². The second-order valence-electron chi connectivity index (χ2n) is 7.75. The van der Waals surface area contributed by atoms with E-state index in [1.807, 2.05) is 66.7 Å². The number of carbonyl (C=O) groups excluding carboxylic acids is 1. The van der Waals surface area contributed by atoms with Crippen LogP contribution < -0.4 is 5.32 Å². The Morgan fingerprint density at radius 2 is 1.43 bits per heavy atom. The second kappa shape index (κ2) is 8.03. The maximum absolute atomic E-state index is 12.5. The summed E-state index contributed by atoms with van der Waals surface area (Å²) in [7, 11) is 0. The number of fused-ring (bicyclic) bond motifs is 3. The zero-order valence-electron chi connectivity index (χ0n) is 16.7. The minimum atomic E-state index is -1.47. The number of carboxylic acids is 1. The molecule has 0 heterocycles. The molecule has 0 aliphatic heterocycles. The van der Waals surface area contributed by atoms with E-state index in [1.165, 1.54) is 6.92 Å². The fraction of sp³-hybridized carbons (Fsp3) is 0.200. The molecule has 4 rings (SSSR count). The third kappa shape index (κ3) is 3.79. The van der Waals surface area contributed by atoms with Crippen LogP contribution in [0, 0.1) is 0 Å². The summed E-state index contributed by atoms with van der Waals surface area (Å²) >= 11 is 0. The SMILES string of the molecule is C[C@@](Cc1ccccc1)(NC(=O)OCC1c2ccccc2-c2ccccc21)C(=O)O. The molecule has 152 valence electrons. The molecule has 1 amide bonds. The highest BCUT2D eigenvalue weighted by Gasteiger charge is 2.36. The van der Waals surface area contributed by atoms with Crippen molar-refractivity contribution in [2.75, 3.05) is 6.61 Å². The summed E-state index contributed by atoms with van der Waals surface area (Å²) in [4.78, 5) is 24.4. The molecule has 0 spiro atoms. The predicted molar refractivity (Wildman–Crippen MR) is 114 cm³/mol. The molecule has 0 aromatic heterocycles. The first-order chi connectivity index (χ1) is 14.5. The Hall–Kier alpha value is -3.60. The Labute approximate surface area is 175 Å². The molecule has 5 nitrogen and oxygen atoms in total. The third-order valence-corrected chi connectivity index (χ3v) is 5.59. The minimum absolute atomic E-state index is 0.0756. The van der Waals surface area contributed by atoms with Gasteiger partial charge in [-0.1, -0.05) is 78.9 Å². The summed E-state index contributed by atoms with van der Waals surface area (Å²) in [6.07, 6.45) is -0.578.